The fourth-order valence-corrected chi connectivity index (χ4v) is 9.61. The molecule has 0 saturated carbocycles. The first-order valence-corrected chi connectivity index (χ1v) is 14.3. The molecule has 0 atom stereocenters. The van der Waals surface area contributed by atoms with Crippen molar-refractivity contribution in [3.05, 3.63) is 103 Å². The molecule has 0 aromatic heterocycles. The summed E-state index contributed by atoms with van der Waals surface area (Å²) in [5.41, 5.74) is 2.03. The zero-order valence-electron chi connectivity index (χ0n) is 21.1. The molecule has 35 heavy (non-hydrogen) atoms. The minimum absolute atomic E-state index is 0.0486. The minimum Gasteiger partial charge on any atom is -0.403 e. The molecule has 3 aromatic carbocycles. The van der Waals surface area contributed by atoms with Crippen LogP contribution in [0.4, 0.5) is 10.5 Å². The second-order valence-corrected chi connectivity index (χ2v) is 14.4. The van der Waals surface area contributed by atoms with Gasteiger partial charge in [-0.3, -0.25) is 4.90 Å². The van der Waals surface area contributed by atoms with E-state index in [2.05, 4.69) is 100 Å². The lowest BCUT2D eigenvalue weighted by atomic mass is 10.2. The summed E-state index contributed by atoms with van der Waals surface area (Å²) in [5, 5.41) is 2.48. The highest BCUT2D eigenvalue weighted by Crippen LogP contribution is 2.37. The monoisotopic (exact) mass is 484 g/mol. The van der Waals surface area contributed by atoms with E-state index in [1.54, 1.807) is 6.08 Å². The van der Waals surface area contributed by atoms with Crippen LogP contribution in [0, 0.1) is 0 Å². The third-order valence-electron chi connectivity index (χ3n) is 6.78. The van der Waals surface area contributed by atoms with E-state index in [-0.39, 0.29) is 11.1 Å². The molecule has 1 aliphatic rings. The maximum atomic E-state index is 12.9. The lowest BCUT2D eigenvalue weighted by molar-refractivity contribution is 0.201. The second-order valence-electron chi connectivity index (χ2n) is 10.1. The Balaban J connectivity index is 1.60. The van der Waals surface area contributed by atoms with Crippen LogP contribution in [0.3, 0.4) is 0 Å². The number of benzene rings is 3. The van der Waals surface area contributed by atoms with Gasteiger partial charge in [-0.25, -0.2) is 4.79 Å². The number of nitrogens with zero attached hydrogens (tertiary/aromatic N) is 2. The first kappa shape index (κ1) is 25.0. The molecule has 4 rings (SSSR count). The van der Waals surface area contributed by atoms with E-state index >= 15 is 0 Å². The number of rotatable bonds is 8. The van der Waals surface area contributed by atoms with Crippen LogP contribution in [0.5, 0.6) is 0 Å². The Labute approximate surface area is 211 Å². The molecular formula is C30H36N2O2Si. The molecule has 0 radical (unpaired) electrons. The van der Waals surface area contributed by atoms with Gasteiger partial charge < -0.3 is 9.33 Å². The predicted molar refractivity (Wildman–Crippen MR) is 148 cm³/mol. The van der Waals surface area contributed by atoms with E-state index in [4.69, 9.17) is 4.43 Å². The van der Waals surface area contributed by atoms with Gasteiger partial charge in [-0.05, 0) is 39.5 Å². The van der Waals surface area contributed by atoms with Crippen LogP contribution >= 0.6 is 0 Å². The number of carbonyl (C=O) groups excluding carboxylic acids is 1. The average molecular weight is 485 g/mol. The van der Waals surface area contributed by atoms with Gasteiger partial charge in [0, 0.05) is 25.3 Å². The summed E-state index contributed by atoms with van der Waals surface area (Å²) in [7, 11) is -2.59. The number of amides is 2. The first-order valence-electron chi connectivity index (χ1n) is 12.4. The van der Waals surface area contributed by atoms with Crippen LogP contribution < -0.4 is 15.3 Å². The molecule has 4 nitrogen and oxygen atoms in total. The Morgan fingerprint density at radius 2 is 1.46 bits per heavy atom. The number of hydrogen-bond acceptors (Lipinski definition) is 2. The van der Waals surface area contributed by atoms with Crippen LogP contribution in [0.1, 0.15) is 32.8 Å². The number of carbonyl (C=O) groups is 1. The van der Waals surface area contributed by atoms with Crippen molar-refractivity contribution >= 4 is 30.4 Å². The third-order valence-corrected chi connectivity index (χ3v) is 11.8. The smallest absolute Gasteiger partial charge is 0.324 e. The van der Waals surface area contributed by atoms with Crippen molar-refractivity contribution in [2.24, 2.45) is 0 Å². The van der Waals surface area contributed by atoms with Gasteiger partial charge in [0.1, 0.15) is 0 Å². The van der Waals surface area contributed by atoms with Gasteiger partial charge in [0.15, 0.2) is 0 Å². The number of urea groups is 1. The summed E-state index contributed by atoms with van der Waals surface area (Å²) < 4.78 is 7.05. The van der Waals surface area contributed by atoms with Crippen molar-refractivity contribution in [1.29, 1.82) is 0 Å². The molecule has 1 fully saturated rings. The number of anilines is 1. The molecule has 0 aliphatic carbocycles. The highest BCUT2D eigenvalue weighted by molar-refractivity contribution is 6.99. The van der Waals surface area contributed by atoms with Gasteiger partial charge in [-0.15, -0.1) is 6.58 Å². The van der Waals surface area contributed by atoms with Crippen molar-refractivity contribution in [3.8, 4) is 0 Å². The van der Waals surface area contributed by atoms with Gasteiger partial charge in [-0.1, -0.05) is 99.6 Å². The van der Waals surface area contributed by atoms with Crippen LogP contribution in [0.2, 0.25) is 5.04 Å². The summed E-state index contributed by atoms with van der Waals surface area (Å²) in [6, 6.07) is 29.7. The van der Waals surface area contributed by atoms with Crippen molar-refractivity contribution in [2.45, 2.75) is 38.8 Å². The molecule has 1 heterocycles. The molecule has 0 bridgehead atoms. The molecular weight excluding hydrogens is 448 g/mol. The number of hydrogen-bond donors (Lipinski definition) is 0. The van der Waals surface area contributed by atoms with Gasteiger partial charge in [-0.2, -0.15) is 0 Å². The third kappa shape index (κ3) is 5.11. The Morgan fingerprint density at radius 1 is 0.886 bits per heavy atom. The standard InChI is InChI=1S/C30H36N2O2Si/c1-5-21-31-22-12-23-32(29(31)33)26-19-17-25(18-20-26)24-34-35(30(2,3)4,27-13-8-6-9-14-27)28-15-10-7-11-16-28/h5-11,13-20H,1,12,21-24H2,2-4H3. The van der Waals surface area contributed by atoms with Crippen molar-refractivity contribution in [3.63, 3.8) is 0 Å². The lowest BCUT2D eigenvalue weighted by Gasteiger charge is -2.43. The summed E-state index contributed by atoms with van der Waals surface area (Å²) in [5.74, 6) is 0. The molecule has 0 spiro atoms. The topological polar surface area (TPSA) is 32.8 Å². The fraction of sp³-hybridized carbons (Fsp3) is 0.300. The van der Waals surface area contributed by atoms with Gasteiger partial charge in [0.05, 0.1) is 6.61 Å². The molecule has 0 unspecified atom stereocenters. The SMILES string of the molecule is C=CCN1CCCN(c2ccc(CO[Si](c3ccccc3)(c3ccccc3)C(C)(C)C)cc2)C1=O. The Bertz CT molecular complexity index is 1090. The van der Waals surface area contributed by atoms with E-state index in [1.807, 2.05) is 21.9 Å². The molecule has 3 aromatic rings. The molecule has 0 N–H and O–H groups in total. The van der Waals surface area contributed by atoms with Crippen LogP contribution in [-0.4, -0.2) is 38.9 Å². The summed E-state index contributed by atoms with van der Waals surface area (Å²) in [6.07, 6.45) is 2.74. The van der Waals surface area contributed by atoms with Gasteiger partial charge in [0.2, 0.25) is 0 Å². The minimum atomic E-state index is -2.59. The highest BCUT2D eigenvalue weighted by atomic mass is 28.4. The van der Waals surface area contributed by atoms with E-state index in [0.29, 0.717) is 13.2 Å². The average Bonchev–Trinajstić information content (AvgIpc) is 2.87. The zero-order valence-corrected chi connectivity index (χ0v) is 22.1. The summed E-state index contributed by atoms with van der Waals surface area (Å²) >= 11 is 0. The summed E-state index contributed by atoms with van der Waals surface area (Å²) in [6.45, 7) is 13.3. The van der Waals surface area contributed by atoms with E-state index in [1.165, 1.54) is 10.4 Å². The maximum absolute atomic E-state index is 12.9. The van der Waals surface area contributed by atoms with Crippen molar-refractivity contribution < 1.29 is 9.22 Å². The van der Waals surface area contributed by atoms with Gasteiger partial charge >= 0.3 is 6.03 Å². The maximum Gasteiger partial charge on any atom is 0.324 e. The first-order chi connectivity index (χ1) is 16.9. The quantitative estimate of drug-likeness (QED) is 0.309. The van der Waals surface area contributed by atoms with Crippen molar-refractivity contribution in [1.82, 2.24) is 4.90 Å². The van der Waals surface area contributed by atoms with Gasteiger partial charge in [0.25, 0.3) is 8.32 Å². The Morgan fingerprint density at radius 3 is 1.97 bits per heavy atom. The molecule has 2 amide bonds. The van der Waals surface area contributed by atoms with Crippen molar-refractivity contribution in [2.75, 3.05) is 24.5 Å². The summed E-state index contributed by atoms with van der Waals surface area (Å²) in [4.78, 5) is 16.6. The molecule has 182 valence electrons. The molecule has 1 saturated heterocycles. The fourth-order valence-electron chi connectivity index (χ4n) is 5.07. The normalized spacial score (nSPS) is 14.8. The van der Waals surface area contributed by atoms with E-state index < -0.39 is 8.32 Å². The predicted octanol–water partition coefficient (Wildman–Crippen LogP) is 5.58. The van der Waals surface area contributed by atoms with E-state index in [9.17, 15) is 4.79 Å². The largest absolute Gasteiger partial charge is 0.403 e. The van der Waals surface area contributed by atoms with Crippen LogP contribution in [0.25, 0.3) is 0 Å². The second kappa shape index (κ2) is 10.6. The zero-order chi connectivity index (χ0) is 24.9. The Hall–Kier alpha value is -3.15. The van der Waals surface area contributed by atoms with Crippen LogP contribution in [-0.2, 0) is 11.0 Å². The molecule has 1 aliphatic heterocycles. The van der Waals surface area contributed by atoms with E-state index in [0.717, 1.165) is 30.8 Å². The Kier molecular flexibility index (Phi) is 7.58. The lowest BCUT2D eigenvalue weighted by Crippen LogP contribution is -2.66. The molecule has 5 heteroatoms. The highest BCUT2D eigenvalue weighted by Gasteiger charge is 2.50. The van der Waals surface area contributed by atoms with Crippen LogP contribution in [0.15, 0.2) is 97.6 Å².